The van der Waals surface area contributed by atoms with E-state index < -0.39 is 5.41 Å². The fourth-order valence-corrected chi connectivity index (χ4v) is 2.33. The summed E-state index contributed by atoms with van der Waals surface area (Å²) in [7, 11) is 0. The molecule has 2 rings (SSSR count). The summed E-state index contributed by atoms with van der Waals surface area (Å²) in [6.45, 7) is 3.94. The summed E-state index contributed by atoms with van der Waals surface area (Å²) in [5.41, 5.74) is 0.606. The number of benzene rings is 1. The molecule has 0 N–H and O–H groups in total. The lowest BCUT2D eigenvalue weighted by Crippen LogP contribution is -2.30. The van der Waals surface area contributed by atoms with Crippen molar-refractivity contribution < 1.29 is 4.79 Å². The van der Waals surface area contributed by atoms with Crippen LogP contribution in [0.5, 0.6) is 0 Å². The first-order valence-corrected chi connectivity index (χ1v) is 6.46. The highest BCUT2D eigenvalue weighted by molar-refractivity contribution is 7.09. The Bertz CT molecular complexity index is 488. The molecule has 3 heteroatoms. The average molecular weight is 245 g/mol. The number of ketones is 1. The normalized spacial score (nSPS) is 11.4. The zero-order valence-electron chi connectivity index (χ0n) is 10.0. The lowest BCUT2D eigenvalue weighted by atomic mass is 9.79. The molecule has 17 heavy (non-hydrogen) atoms. The van der Waals surface area contributed by atoms with Crippen LogP contribution in [0.15, 0.2) is 41.9 Å². The van der Waals surface area contributed by atoms with E-state index in [9.17, 15) is 4.79 Å². The highest BCUT2D eigenvalue weighted by Gasteiger charge is 2.29. The van der Waals surface area contributed by atoms with Crippen molar-refractivity contribution in [2.24, 2.45) is 0 Å². The van der Waals surface area contributed by atoms with Crippen molar-refractivity contribution in [1.82, 2.24) is 4.98 Å². The van der Waals surface area contributed by atoms with Gasteiger partial charge in [0, 0.05) is 17.0 Å². The molecule has 0 aliphatic heterocycles. The number of hydrogen-bond donors (Lipinski definition) is 0. The first-order valence-electron chi connectivity index (χ1n) is 5.58. The summed E-state index contributed by atoms with van der Waals surface area (Å²) < 4.78 is 0. The quantitative estimate of drug-likeness (QED) is 0.827. The third-order valence-corrected chi connectivity index (χ3v) is 3.77. The SMILES string of the molecule is CC(C)(C(=O)Cc1nccs1)c1ccccc1. The molecule has 0 saturated heterocycles. The van der Waals surface area contributed by atoms with Crippen LogP contribution in [0.25, 0.3) is 0 Å². The van der Waals surface area contributed by atoms with Gasteiger partial charge in [-0.25, -0.2) is 4.98 Å². The lowest BCUT2D eigenvalue weighted by molar-refractivity contribution is -0.122. The van der Waals surface area contributed by atoms with Gasteiger partial charge < -0.3 is 0 Å². The van der Waals surface area contributed by atoms with E-state index in [-0.39, 0.29) is 5.78 Å². The topological polar surface area (TPSA) is 30.0 Å². The van der Waals surface area contributed by atoms with Gasteiger partial charge in [0.1, 0.15) is 5.78 Å². The number of nitrogens with zero attached hydrogens (tertiary/aromatic N) is 1. The van der Waals surface area contributed by atoms with Crippen molar-refractivity contribution in [2.45, 2.75) is 25.7 Å². The van der Waals surface area contributed by atoms with Crippen LogP contribution < -0.4 is 0 Å². The Morgan fingerprint density at radius 3 is 2.59 bits per heavy atom. The number of hydrogen-bond acceptors (Lipinski definition) is 3. The second-order valence-electron chi connectivity index (χ2n) is 4.52. The number of carbonyl (C=O) groups is 1. The number of thiazole rings is 1. The number of aromatic nitrogens is 1. The fraction of sp³-hybridized carbons (Fsp3) is 0.286. The van der Waals surface area contributed by atoms with Crippen molar-refractivity contribution >= 4 is 17.1 Å². The summed E-state index contributed by atoms with van der Waals surface area (Å²) in [5.74, 6) is 0.207. The minimum atomic E-state index is -0.451. The molecule has 0 atom stereocenters. The Kier molecular flexibility index (Phi) is 3.38. The maximum atomic E-state index is 12.3. The lowest BCUT2D eigenvalue weighted by Gasteiger charge is -2.23. The molecule has 0 fully saturated rings. The molecule has 0 bridgehead atoms. The Hall–Kier alpha value is -1.48. The number of Topliss-reactive ketones (excluding diaryl/α,β-unsaturated/α-hetero) is 1. The van der Waals surface area contributed by atoms with E-state index >= 15 is 0 Å². The predicted molar refractivity (Wildman–Crippen MR) is 70.3 cm³/mol. The van der Waals surface area contributed by atoms with Crippen LogP contribution in [-0.2, 0) is 16.6 Å². The van der Waals surface area contributed by atoms with Gasteiger partial charge in [-0.1, -0.05) is 30.3 Å². The van der Waals surface area contributed by atoms with Gasteiger partial charge in [-0.15, -0.1) is 11.3 Å². The first-order chi connectivity index (χ1) is 8.10. The van der Waals surface area contributed by atoms with E-state index in [4.69, 9.17) is 0 Å². The molecule has 0 aliphatic rings. The Morgan fingerprint density at radius 1 is 1.29 bits per heavy atom. The van der Waals surface area contributed by atoms with Crippen molar-refractivity contribution in [1.29, 1.82) is 0 Å². The summed E-state index contributed by atoms with van der Waals surface area (Å²) in [5, 5.41) is 2.79. The smallest absolute Gasteiger partial charge is 0.149 e. The largest absolute Gasteiger partial charge is 0.298 e. The predicted octanol–water partition coefficient (Wildman–Crippen LogP) is 3.23. The van der Waals surface area contributed by atoms with Crippen LogP contribution in [0.3, 0.4) is 0 Å². The Labute approximate surface area is 105 Å². The Morgan fingerprint density at radius 2 is 2.00 bits per heavy atom. The highest BCUT2D eigenvalue weighted by atomic mass is 32.1. The van der Waals surface area contributed by atoms with Gasteiger partial charge >= 0.3 is 0 Å². The maximum Gasteiger partial charge on any atom is 0.149 e. The summed E-state index contributed by atoms with van der Waals surface area (Å²) in [4.78, 5) is 16.5. The molecular formula is C14H15NOS. The highest BCUT2D eigenvalue weighted by Crippen LogP contribution is 2.25. The molecule has 0 saturated carbocycles. The van der Waals surface area contributed by atoms with E-state index in [1.54, 1.807) is 6.20 Å². The van der Waals surface area contributed by atoms with E-state index in [0.717, 1.165) is 10.6 Å². The van der Waals surface area contributed by atoms with Crippen molar-refractivity contribution in [3.8, 4) is 0 Å². The van der Waals surface area contributed by atoms with Crippen LogP contribution in [0.2, 0.25) is 0 Å². The average Bonchev–Trinajstić information content (AvgIpc) is 2.83. The van der Waals surface area contributed by atoms with E-state index in [1.807, 2.05) is 49.6 Å². The monoisotopic (exact) mass is 245 g/mol. The zero-order valence-corrected chi connectivity index (χ0v) is 10.8. The second kappa shape index (κ2) is 4.80. The fourth-order valence-electron chi connectivity index (χ4n) is 1.71. The van der Waals surface area contributed by atoms with Crippen LogP contribution in [-0.4, -0.2) is 10.8 Å². The van der Waals surface area contributed by atoms with Crippen molar-refractivity contribution in [3.63, 3.8) is 0 Å². The summed E-state index contributed by atoms with van der Waals surface area (Å²) in [6.07, 6.45) is 2.16. The third-order valence-electron chi connectivity index (χ3n) is 2.99. The van der Waals surface area contributed by atoms with Gasteiger partial charge in [-0.05, 0) is 19.4 Å². The summed E-state index contributed by atoms with van der Waals surface area (Å²) >= 11 is 1.53. The number of rotatable bonds is 4. The van der Waals surface area contributed by atoms with Crippen LogP contribution in [0.4, 0.5) is 0 Å². The minimum Gasteiger partial charge on any atom is -0.298 e. The molecule has 0 aliphatic carbocycles. The molecule has 2 aromatic rings. The third kappa shape index (κ3) is 2.61. The standard InChI is InChI=1S/C14H15NOS/c1-14(2,11-6-4-3-5-7-11)12(16)10-13-15-8-9-17-13/h3-9H,10H2,1-2H3. The molecule has 0 radical (unpaired) electrons. The van der Waals surface area contributed by atoms with Gasteiger partial charge in [0.25, 0.3) is 0 Å². The molecule has 0 spiro atoms. The van der Waals surface area contributed by atoms with Gasteiger partial charge in [-0.3, -0.25) is 4.79 Å². The molecule has 0 unspecified atom stereocenters. The molecule has 0 amide bonds. The zero-order chi connectivity index (χ0) is 12.3. The van der Waals surface area contributed by atoms with Gasteiger partial charge in [-0.2, -0.15) is 0 Å². The first kappa shape index (κ1) is 12.0. The number of carbonyl (C=O) groups excluding carboxylic acids is 1. The molecule has 1 aromatic carbocycles. The van der Waals surface area contributed by atoms with Crippen LogP contribution in [0.1, 0.15) is 24.4 Å². The van der Waals surface area contributed by atoms with E-state index in [0.29, 0.717) is 6.42 Å². The maximum absolute atomic E-state index is 12.3. The Balaban J connectivity index is 2.18. The molecule has 1 heterocycles. The van der Waals surface area contributed by atoms with Crippen molar-refractivity contribution in [3.05, 3.63) is 52.5 Å². The van der Waals surface area contributed by atoms with Gasteiger partial charge in [0.15, 0.2) is 0 Å². The van der Waals surface area contributed by atoms with Crippen LogP contribution in [0, 0.1) is 0 Å². The summed E-state index contributed by atoms with van der Waals surface area (Å²) in [6, 6.07) is 9.89. The van der Waals surface area contributed by atoms with Gasteiger partial charge in [0.05, 0.1) is 11.4 Å². The molecule has 2 nitrogen and oxygen atoms in total. The van der Waals surface area contributed by atoms with Crippen LogP contribution >= 0.6 is 11.3 Å². The molecular weight excluding hydrogens is 230 g/mol. The molecule has 88 valence electrons. The minimum absolute atomic E-state index is 0.207. The van der Waals surface area contributed by atoms with Crippen molar-refractivity contribution in [2.75, 3.05) is 0 Å². The molecule has 1 aromatic heterocycles. The van der Waals surface area contributed by atoms with E-state index in [1.165, 1.54) is 11.3 Å². The second-order valence-corrected chi connectivity index (χ2v) is 5.50. The van der Waals surface area contributed by atoms with Gasteiger partial charge in [0.2, 0.25) is 0 Å². The van der Waals surface area contributed by atoms with E-state index in [2.05, 4.69) is 4.98 Å².